The highest BCUT2D eigenvalue weighted by Gasteiger charge is 2.62. The van der Waals surface area contributed by atoms with Crippen LogP contribution in [-0.2, 0) is 9.53 Å². The molecule has 0 saturated heterocycles. The van der Waals surface area contributed by atoms with Gasteiger partial charge in [-0.2, -0.15) is 0 Å². The molecule has 4 saturated carbocycles. The van der Waals surface area contributed by atoms with Gasteiger partial charge < -0.3 is 14.9 Å². The topological polar surface area (TPSA) is 66.8 Å². The highest BCUT2D eigenvalue weighted by atomic mass is 16.5. The van der Waals surface area contributed by atoms with Crippen LogP contribution in [0.4, 0.5) is 0 Å². The van der Waals surface area contributed by atoms with Crippen molar-refractivity contribution >= 4 is 5.97 Å². The van der Waals surface area contributed by atoms with Crippen LogP contribution in [0, 0.1) is 46.3 Å². The summed E-state index contributed by atoms with van der Waals surface area (Å²) in [5.74, 6) is 3.17. The monoisotopic (exact) mass is 406 g/mol. The van der Waals surface area contributed by atoms with E-state index in [4.69, 9.17) is 4.74 Å². The molecule has 0 bridgehead atoms. The van der Waals surface area contributed by atoms with Crippen molar-refractivity contribution < 1.29 is 19.7 Å². The summed E-state index contributed by atoms with van der Waals surface area (Å²) in [6.45, 7) is 7.29. The van der Waals surface area contributed by atoms with E-state index in [1.165, 1.54) is 32.8 Å². The van der Waals surface area contributed by atoms with Gasteiger partial charge in [-0.3, -0.25) is 4.79 Å². The van der Waals surface area contributed by atoms with Gasteiger partial charge in [0.05, 0.1) is 19.3 Å². The number of fused-ring (bicyclic) bond motifs is 5. The molecule has 4 heteroatoms. The summed E-state index contributed by atoms with van der Waals surface area (Å²) in [6.07, 6.45) is 9.80. The van der Waals surface area contributed by atoms with Crippen molar-refractivity contribution in [3.05, 3.63) is 0 Å². The molecule has 0 amide bonds. The second-order valence-corrected chi connectivity index (χ2v) is 11.5. The van der Waals surface area contributed by atoms with Crippen molar-refractivity contribution in [2.24, 2.45) is 46.3 Å². The molecule has 0 aromatic heterocycles. The SMILES string of the molecule is COC(=O)CCC(C)C1CCC2[C@H]3C(CC[C@]12C)[C@@]1(C)CC[C@@H](O)C[C@H]1C[C@H]3O. The van der Waals surface area contributed by atoms with E-state index in [1.807, 2.05) is 0 Å². The van der Waals surface area contributed by atoms with Gasteiger partial charge >= 0.3 is 5.97 Å². The number of carbonyl (C=O) groups excluding carboxylic acids is 1. The maximum Gasteiger partial charge on any atom is 0.305 e. The van der Waals surface area contributed by atoms with Crippen molar-refractivity contribution in [1.82, 2.24) is 0 Å². The lowest BCUT2D eigenvalue weighted by atomic mass is 9.43. The van der Waals surface area contributed by atoms with Crippen molar-refractivity contribution in [3.8, 4) is 0 Å². The first-order valence-electron chi connectivity index (χ1n) is 12.1. The van der Waals surface area contributed by atoms with Crippen molar-refractivity contribution in [2.75, 3.05) is 7.11 Å². The van der Waals surface area contributed by atoms with Crippen LogP contribution in [0.5, 0.6) is 0 Å². The number of carbonyl (C=O) groups is 1. The standard InChI is InChI=1S/C25H42O4/c1-15(5-8-22(28)29-4)18-6-7-19-23-20(10-12-25(18,19)3)24(2)11-9-17(26)13-16(24)14-21(23)27/h15-21,23,26-27H,5-14H2,1-4H3/t15?,16-,17+,18?,19?,20?,21+,23-,24-,25+/m0/s1. The largest absolute Gasteiger partial charge is 0.469 e. The molecule has 4 aliphatic carbocycles. The summed E-state index contributed by atoms with van der Waals surface area (Å²) in [4.78, 5) is 11.6. The summed E-state index contributed by atoms with van der Waals surface area (Å²) < 4.78 is 4.86. The fourth-order valence-corrected chi connectivity index (χ4v) is 8.82. The van der Waals surface area contributed by atoms with Crippen LogP contribution < -0.4 is 0 Å². The van der Waals surface area contributed by atoms with Crippen LogP contribution >= 0.6 is 0 Å². The molecular weight excluding hydrogens is 364 g/mol. The van der Waals surface area contributed by atoms with E-state index < -0.39 is 0 Å². The smallest absolute Gasteiger partial charge is 0.305 e. The van der Waals surface area contributed by atoms with E-state index in [2.05, 4.69) is 20.8 Å². The van der Waals surface area contributed by atoms with Gasteiger partial charge in [-0.15, -0.1) is 0 Å². The number of methoxy groups -OCH3 is 1. The van der Waals surface area contributed by atoms with E-state index in [1.54, 1.807) is 0 Å². The summed E-state index contributed by atoms with van der Waals surface area (Å²) in [6, 6.07) is 0. The molecule has 29 heavy (non-hydrogen) atoms. The van der Waals surface area contributed by atoms with E-state index >= 15 is 0 Å². The van der Waals surface area contributed by atoms with E-state index in [9.17, 15) is 15.0 Å². The number of aliphatic hydroxyl groups is 2. The lowest BCUT2D eigenvalue weighted by Crippen LogP contribution is -2.58. The molecule has 4 fully saturated rings. The van der Waals surface area contributed by atoms with Crippen molar-refractivity contribution in [3.63, 3.8) is 0 Å². The van der Waals surface area contributed by atoms with Gasteiger partial charge in [-0.1, -0.05) is 20.8 Å². The third kappa shape index (κ3) is 3.46. The van der Waals surface area contributed by atoms with Crippen LogP contribution in [0.1, 0.15) is 85.0 Å². The highest BCUT2D eigenvalue weighted by Crippen LogP contribution is 2.68. The Morgan fingerprint density at radius 1 is 1.03 bits per heavy atom. The normalized spacial score (nSPS) is 50.2. The lowest BCUT2D eigenvalue weighted by Gasteiger charge is -2.62. The van der Waals surface area contributed by atoms with Gasteiger partial charge in [-0.05, 0) is 104 Å². The van der Waals surface area contributed by atoms with Gasteiger partial charge in [0.25, 0.3) is 0 Å². The van der Waals surface area contributed by atoms with Crippen LogP contribution in [0.15, 0.2) is 0 Å². The van der Waals surface area contributed by atoms with Gasteiger partial charge in [0.15, 0.2) is 0 Å². The number of hydrogen-bond acceptors (Lipinski definition) is 4. The first-order chi connectivity index (χ1) is 13.7. The molecule has 166 valence electrons. The molecule has 4 rings (SSSR count). The third-order valence-electron chi connectivity index (χ3n) is 10.4. The molecule has 0 radical (unpaired) electrons. The lowest BCUT2D eigenvalue weighted by molar-refractivity contribution is -0.174. The predicted molar refractivity (Wildman–Crippen MR) is 113 cm³/mol. The number of rotatable bonds is 4. The Kier molecular flexibility index (Phi) is 5.83. The molecule has 2 N–H and O–H groups in total. The molecule has 0 aromatic carbocycles. The number of hydrogen-bond donors (Lipinski definition) is 2. The number of ether oxygens (including phenoxy) is 1. The van der Waals surface area contributed by atoms with E-state index in [-0.39, 0.29) is 23.6 Å². The Bertz CT molecular complexity index is 620. The molecule has 0 heterocycles. The average Bonchev–Trinajstić information content (AvgIpc) is 3.04. The Morgan fingerprint density at radius 2 is 1.72 bits per heavy atom. The zero-order valence-corrected chi connectivity index (χ0v) is 18.9. The first kappa shape index (κ1) is 21.6. The Hall–Kier alpha value is -0.610. The predicted octanol–water partition coefficient (Wildman–Crippen LogP) is 4.57. The molecule has 4 unspecified atom stereocenters. The highest BCUT2D eigenvalue weighted by molar-refractivity contribution is 5.69. The number of esters is 1. The second kappa shape index (κ2) is 7.82. The van der Waals surface area contributed by atoms with Gasteiger partial charge in [0.1, 0.15) is 0 Å². The van der Waals surface area contributed by atoms with E-state index in [0.29, 0.717) is 47.3 Å². The molecular formula is C25H42O4. The summed E-state index contributed by atoms with van der Waals surface area (Å²) in [5.41, 5.74) is 0.577. The van der Waals surface area contributed by atoms with Gasteiger partial charge in [0, 0.05) is 6.42 Å². The minimum Gasteiger partial charge on any atom is -0.469 e. The molecule has 4 nitrogen and oxygen atoms in total. The molecule has 10 atom stereocenters. The maximum atomic E-state index is 11.6. The fraction of sp³-hybridized carbons (Fsp3) is 0.960. The average molecular weight is 407 g/mol. The Morgan fingerprint density at radius 3 is 2.45 bits per heavy atom. The molecule has 0 aromatic rings. The molecule has 4 aliphatic rings. The van der Waals surface area contributed by atoms with E-state index in [0.717, 1.165) is 32.1 Å². The summed E-state index contributed by atoms with van der Waals surface area (Å²) in [7, 11) is 1.48. The second-order valence-electron chi connectivity index (χ2n) is 11.5. The zero-order chi connectivity index (χ0) is 21.0. The molecule has 0 spiro atoms. The molecule has 0 aliphatic heterocycles. The van der Waals surface area contributed by atoms with Crippen LogP contribution in [0.2, 0.25) is 0 Å². The van der Waals surface area contributed by atoms with Crippen LogP contribution in [0.25, 0.3) is 0 Å². The van der Waals surface area contributed by atoms with Crippen molar-refractivity contribution in [1.29, 1.82) is 0 Å². The minimum atomic E-state index is -0.211. The quantitative estimate of drug-likeness (QED) is 0.671. The fourth-order valence-electron chi connectivity index (χ4n) is 8.82. The minimum absolute atomic E-state index is 0.0959. The first-order valence-corrected chi connectivity index (χ1v) is 12.1. The third-order valence-corrected chi connectivity index (χ3v) is 10.4. The van der Waals surface area contributed by atoms with Crippen molar-refractivity contribution in [2.45, 2.75) is 97.2 Å². The van der Waals surface area contributed by atoms with Gasteiger partial charge in [-0.25, -0.2) is 0 Å². The number of aliphatic hydroxyl groups excluding tert-OH is 2. The summed E-state index contributed by atoms with van der Waals surface area (Å²) in [5, 5.41) is 21.5. The Labute approximate surface area is 176 Å². The maximum absolute atomic E-state index is 11.6. The van der Waals surface area contributed by atoms with Crippen LogP contribution in [-0.4, -0.2) is 35.5 Å². The van der Waals surface area contributed by atoms with Gasteiger partial charge in [0.2, 0.25) is 0 Å². The zero-order valence-electron chi connectivity index (χ0n) is 18.9. The summed E-state index contributed by atoms with van der Waals surface area (Å²) >= 11 is 0. The Balaban J connectivity index is 1.53. The van der Waals surface area contributed by atoms with Crippen LogP contribution in [0.3, 0.4) is 0 Å².